The average molecular weight is 410 g/mol. The largest absolute Gasteiger partial charge is 0.445 e. The van der Waals surface area contributed by atoms with Crippen molar-refractivity contribution < 1.29 is 24.2 Å². The van der Waals surface area contributed by atoms with Gasteiger partial charge in [-0.05, 0) is 23.3 Å². The van der Waals surface area contributed by atoms with Crippen LogP contribution in [-0.4, -0.2) is 41.7 Å². The Kier molecular flexibility index (Phi) is 8.35. The fourth-order valence-corrected chi connectivity index (χ4v) is 2.60. The molecule has 0 aliphatic carbocycles. The number of aliphatic hydroxyl groups excluding tert-OH is 1. The van der Waals surface area contributed by atoms with Gasteiger partial charge in [-0.3, -0.25) is 9.59 Å². The predicted octanol–water partition coefficient (Wildman–Crippen LogP) is 0.358. The molecular formula is C21H22N4O5. The Balaban J connectivity index is 1.94. The van der Waals surface area contributed by atoms with E-state index in [1.807, 2.05) is 12.1 Å². The minimum atomic E-state index is -1.33. The van der Waals surface area contributed by atoms with Gasteiger partial charge in [0.2, 0.25) is 11.8 Å². The van der Waals surface area contributed by atoms with Gasteiger partial charge in [-0.2, -0.15) is 5.26 Å². The Morgan fingerprint density at radius 1 is 1.03 bits per heavy atom. The second-order valence-corrected chi connectivity index (χ2v) is 6.42. The molecule has 0 aliphatic heterocycles. The molecule has 0 aliphatic rings. The molecule has 2 atom stereocenters. The van der Waals surface area contributed by atoms with E-state index in [9.17, 15) is 19.5 Å². The van der Waals surface area contributed by atoms with Crippen LogP contribution in [-0.2, 0) is 27.4 Å². The van der Waals surface area contributed by atoms with Crippen LogP contribution in [0.5, 0.6) is 0 Å². The summed E-state index contributed by atoms with van der Waals surface area (Å²) < 4.78 is 5.02. The van der Waals surface area contributed by atoms with E-state index in [0.29, 0.717) is 11.1 Å². The summed E-state index contributed by atoms with van der Waals surface area (Å²) in [7, 11) is 0. The molecule has 0 saturated heterocycles. The summed E-state index contributed by atoms with van der Waals surface area (Å²) in [5.74, 6) is -1.59. The third-order valence-corrected chi connectivity index (χ3v) is 4.16. The number of hydrogen-bond acceptors (Lipinski definition) is 6. The number of alkyl carbamates (subject to hydrolysis) is 1. The van der Waals surface area contributed by atoms with Crippen molar-refractivity contribution in [1.82, 2.24) is 10.6 Å². The van der Waals surface area contributed by atoms with E-state index in [4.69, 9.17) is 15.7 Å². The summed E-state index contributed by atoms with van der Waals surface area (Å²) >= 11 is 0. The van der Waals surface area contributed by atoms with Gasteiger partial charge in [0.1, 0.15) is 18.7 Å². The molecule has 0 saturated carbocycles. The number of nitrogens with one attached hydrogen (secondary N) is 2. The molecule has 30 heavy (non-hydrogen) atoms. The normalized spacial score (nSPS) is 12.1. The number of primary amides is 1. The molecule has 0 radical (unpaired) electrons. The van der Waals surface area contributed by atoms with Crippen LogP contribution < -0.4 is 16.4 Å². The first-order valence-electron chi connectivity index (χ1n) is 9.09. The van der Waals surface area contributed by atoms with Crippen molar-refractivity contribution >= 4 is 17.9 Å². The van der Waals surface area contributed by atoms with Crippen LogP contribution in [0.2, 0.25) is 0 Å². The quantitative estimate of drug-likeness (QED) is 0.468. The molecule has 0 heterocycles. The average Bonchev–Trinajstić information content (AvgIpc) is 2.76. The Hall–Kier alpha value is -3.90. The van der Waals surface area contributed by atoms with E-state index >= 15 is 0 Å². The molecule has 2 aromatic rings. The number of rotatable bonds is 9. The number of aliphatic hydroxyl groups is 1. The smallest absolute Gasteiger partial charge is 0.408 e. The number of nitrogens with two attached hydrogens (primary N) is 1. The van der Waals surface area contributed by atoms with Gasteiger partial charge in [0, 0.05) is 6.42 Å². The molecule has 2 rings (SSSR count). The lowest BCUT2D eigenvalue weighted by Crippen LogP contribution is -2.54. The number of benzene rings is 2. The molecule has 9 nitrogen and oxygen atoms in total. The van der Waals surface area contributed by atoms with Crippen LogP contribution in [0.1, 0.15) is 16.7 Å². The summed E-state index contributed by atoms with van der Waals surface area (Å²) in [6, 6.07) is 15.0. The molecule has 2 aromatic carbocycles. The summed E-state index contributed by atoms with van der Waals surface area (Å²) in [6.07, 6.45) is -0.849. The Bertz CT molecular complexity index is 926. The van der Waals surface area contributed by atoms with Crippen molar-refractivity contribution in [2.24, 2.45) is 5.73 Å². The molecular weight excluding hydrogens is 388 g/mol. The standard InChI is InChI=1S/C21H22N4O5/c22-11-16-8-4-7-15(9-16)10-17(19(23)27)24-20(28)18(12-26)25-21(29)30-13-14-5-2-1-3-6-14/h1-9,17-18,26H,10,12-13H2,(H2,23,27)(H,24,28)(H,25,29)/t17-,18+/m1/s1. The molecule has 0 spiro atoms. The molecule has 0 aromatic heterocycles. The highest BCUT2D eigenvalue weighted by Gasteiger charge is 2.26. The van der Waals surface area contributed by atoms with Gasteiger partial charge in [-0.1, -0.05) is 42.5 Å². The van der Waals surface area contributed by atoms with Crippen LogP contribution in [0.4, 0.5) is 4.79 Å². The maximum absolute atomic E-state index is 12.4. The number of nitriles is 1. The van der Waals surface area contributed by atoms with E-state index < -0.39 is 36.6 Å². The maximum atomic E-state index is 12.4. The van der Waals surface area contributed by atoms with Gasteiger partial charge in [0.25, 0.3) is 0 Å². The van der Waals surface area contributed by atoms with Crippen molar-refractivity contribution in [3.8, 4) is 6.07 Å². The highest BCUT2D eigenvalue weighted by Crippen LogP contribution is 2.08. The Morgan fingerprint density at radius 3 is 2.37 bits per heavy atom. The van der Waals surface area contributed by atoms with E-state index in [2.05, 4.69) is 10.6 Å². The van der Waals surface area contributed by atoms with Gasteiger partial charge in [0.05, 0.1) is 18.2 Å². The van der Waals surface area contributed by atoms with Gasteiger partial charge >= 0.3 is 6.09 Å². The molecule has 156 valence electrons. The molecule has 0 unspecified atom stereocenters. The Morgan fingerprint density at radius 2 is 1.73 bits per heavy atom. The highest BCUT2D eigenvalue weighted by molar-refractivity contribution is 5.91. The van der Waals surface area contributed by atoms with Crippen LogP contribution in [0.25, 0.3) is 0 Å². The van der Waals surface area contributed by atoms with Crippen LogP contribution in [0.3, 0.4) is 0 Å². The third-order valence-electron chi connectivity index (χ3n) is 4.16. The minimum Gasteiger partial charge on any atom is -0.445 e. The second-order valence-electron chi connectivity index (χ2n) is 6.42. The predicted molar refractivity (Wildman–Crippen MR) is 107 cm³/mol. The first kappa shape index (κ1) is 22.4. The van der Waals surface area contributed by atoms with Crippen molar-refractivity contribution in [3.05, 3.63) is 71.3 Å². The van der Waals surface area contributed by atoms with Crippen LogP contribution in [0.15, 0.2) is 54.6 Å². The minimum absolute atomic E-state index is 0.00835. The van der Waals surface area contributed by atoms with Crippen LogP contribution >= 0.6 is 0 Å². The first-order chi connectivity index (χ1) is 14.4. The van der Waals surface area contributed by atoms with E-state index in [0.717, 1.165) is 5.56 Å². The van der Waals surface area contributed by atoms with E-state index in [1.165, 1.54) is 0 Å². The first-order valence-corrected chi connectivity index (χ1v) is 9.09. The summed E-state index contributed by atoms with van der Waals surface area (Å²) in [5, 5.41) is 23.1. The molecule has 0 bridgehead atoms. The van der Waals surface area contributed by atoms with Gasteiger partial charge < -0.3 is 26.2 Å². The number of ether oxygens (including phenoxy) is 1. The van der Waals surface area contributed by atoms with Crippen molar-refractivity contribution in [1.29, 1.82) is 5.26 Å². The van der Waals surface area contributed by atoms with Crippen molar-refractivity contribution in [3.63, 3.8) is 0 Å². The van der Waals surface area contributed by atoms with Crippen LogP contribution in [0, 0.1) is 11.3 Å². The topological polar surface area (TPSA) is 155 Å². The van der Waals surface area contributed by atoms with Crippen molar-refractivity contribution in [2.45, 2.75) is 25.1 Å². The lowest BCUT2D eigenvalue weighted by Gasteiger charge is -2.20. The maximum Gasteiger partial charge on any atom is 0.408 e. The summed E-state index contributed by atoms with van der Waals surface area (Å²) in [6.45, 7) is -0.715. The lowest BCUT2D eigenvalue weighted by atomic mass is 10.0. The molecule has 5 N–H and O–H groups in total. The summed E-state index contributed by atoms with van der Waals surface area (Å²) in [4.78, 5) is 36.1. The Labute approximate surface area is 173 Å². The molecule has 9 heteroatoms. The zero-order valence-corrected chi connectivity index (χ0v) is 16.1. The van der Waals surface area contributed by atoms with E-state index in [1.54, 1.807) is 48.5 Å². The highest BCUT2D eigenvalue weighted by atomic mass is 16.5. The second kappa shape index (κ2) is 11.2. The lowest BCUT2D eigenvalue weighted by molar-refractivity contribution is -0.129. The molecule has 0 fully saturated rings. The molecule has 3 amide bonds. The van der Waals surface area contributed by atoms with Crippen molar-refractivity contribution in [2.75, 3.05) is 6.61 Å². The van der Waals surface area contributed by atoms with Gasteiger partial charge in [-0.25, -0.2) is 4.79 Å². The van der Waals surface area contributed by atoms with Gasteiger partial charge in [0.15, 0.2) is 0 Å². The fraction of sp³-hybridized carbons (Fsp3) is 0.238. The van der Waals surface area contributed by atoms with E-state index in [-0.39, 0.29) is 13.0 Å². The third kappa shape index (κ3) is 6.92. The number of hydrogen-bond donors (Lipinski definition) is 4. The zero-order valence-electron chi connectivity index (χ0n) is 16.1. The fourth-order valence-electron chi connectivity index (χ4n) is 2.60. The SMILES string of the molecule is N#Cc1cccc(C[C@@H](NC(=O)[C@H](CO)NC(=O)OCc2ccccc2)C(N)=O)c1. The van der Waals surface area contributed by atoms with Gasteiger partial charge in [-0.15, -0.1) is 0 Å². The number of carbonyl (C=O) groups excluding carboxylic acids is 3. The summed E-state index contributed by atoms with van der Waals surface area (Å²) in [5.41, 5.74) is 7.14. The zero-order chi connectivity index (χ0) is 21.9. The number of nitrogens with zero attached hydrogens (tertiary/aromatic N) is 1. The monoisotopic (exact) mass is 410 g/mol. The number of amides is 3. The number of carbonyl (C=O) groups is 3.